The van der Waals surface area contributed by atoms with E-state index in [0.717, 1.165) is 43.6 Å². The second-order valence-electron chi connectivity index (χ2n) is 8.32. The molecule has 0 radical (unpaired) electrons. The molecule has 2 aliphatic heterocycles. The van der Waals surface area contributed by atoms with E-state index in [1.165, 1.54) is 5.56 Å². The molecule has 0 bridgehead atoms. The van der Waals surface area contributed by atoms with Gasteiger partial charge in [0.25, 0.3) is 0 Å². The van der Waals surface area contributed by atoms with Gasteiger partial charge >= 0.3 is 0 Å². The molecule has 1 saturated carbocycles. The van der Waals surface area contributed by atoms with Gasteiger partial charge in [-0.25, -0.2) is 0 Å². The highest BCUT2D eigenvalue weighted by Gasteiger charge is 2.58. The van der Waals surface area contributed by atoms with Gasteiger partial charge in [0.15, 0.2) is 0 Å². The van der Waals surface area contributed by atoms with Crippen molar-refractivity contribution in [1.82, 2.24) is 10.2 Å². The molecule has 1 saturated heterocycles. The fraction of sp³-hybridized carbons (Fsp3) is 0.455. The number of hydrogen-bond acceptors (Lipinski definition) is 4. The minimum atomic E-state index is -0.386. The number of nitrogens with zero attached hydrogens (tertiary/aromatic N) is 1. The quantitative estimate of drug-likeness (QED) is 0.835. The molecular weight excluding hydrogens is 370 g/mol. The Morgan fingerprint density at radius 2 is 2.04 bits per heavy atom. The molecule has 5 rings (SSSR count). The second-order valence-corrected chi connectivity index (χ2v) is 9.10. The number of carbonyl (C=O) groups is 2. The predicted molar refractivity (Wildman–Crippen MR) is 110 cm³/mol. The standard InChI is InChI=1S/C22H25N3O2S/c26-20-11-17(16-3-1-2-4-18(16)24-20)21(27)25(13-15-5-10-28-14-15)19-12-22(19)6-8-23-9-7-22/h1-5,10,14,17,19,23H,6-9,11-13H2,(H,24,26). The molecule has 2 atom stereocenters. The van der Waals surface area contributed by atoms with Crippen LogP contribution in [0.15, 0.2) is 41.1 Å². The number of amides is 2. The predicted octanol–water partition coefficient (Wildman–Crippen LogP) is 3.34. The summed E-state index contributed by atoms with van der Waals surface area (Å²) in [5.74, 6) is -0.350. The highest BCUT2D eigenvalue weighted by atomic mass is 32.1. The van der Waals surface area contributed by atoms with Crippen LogP contribution in [0.4, 0.5) is 5.69 Å². The van der Waals surface area contributed by atoms with Gasteiger partial charge in [0.2, 0.25) is 11.8 Å². The lowest BCUT2D eigenvalue weighted by atomic mass is 9.88. The van der Waals surface area contributed by atoms with E-state index in [2.05, 4.69) is 32.4 Å². The third kappa shape index (κ3) is 3.14. The van der Waals surface area contributed by atoms with Gasteiger partial charge in [0, 0.05) is 24.7 Å². The van der Waals surface area contributed by atoms with Gasteiger partial charge in [-0.1, -0.05) is 18.2 Å². The molecule has 146 valence electrons. The van der Waals surface area contributed by atoms with Gasteiger partial charge in [-0.05, 0) is 71.8 Å². The van der Waals surface area contributed by atoms with E-state index < -0.39 is 0 Å². The molecule has 1 aliphatic carbocycles. The molecule has 5 nitrogen and oxygen atoms in total. The summed E-state index contributed by atoms with van der Waals surface area (Å²) < 4.78 is 0. The monoisotopic (exact) mass is 395 g/mol. The lowest BCUT2D eigenvalue weighted by molar-refractivity contribution is -0.136. The summed E-state index contributed by atoms with van der Waals surface area (Å²) >= 11 is 1.66. The minimum absolute atomic E-state index is 0.0695. The number of rotatable bonds is 4. The van der Waals surface area contributed by atoms with Crippen molar-refractivity contribution in [1.29, 1.82) is 0 Å². The first-order valence-electron chi connectivity index (χ1n) is 10.1. The van der Waals surface area contributed by atoms with Crippen LogP contribution in [0.1, 0.15) is 42.7 Å². The van der Waals surface area contributed by atoms with Crippen LogP contribution >= 0.6 is 11.3 Å². The molecule has 2 N–H and O–H groups in total. The Bertz CT molecular complexity index is 889. The first-order chi connectivity index (χ1) is 13.7. The average molecular weight is 396 g/mol. The SMILES string of the molecule is O=C1CC(C(=O)N(Cc2ccsc2)C2CC23CCNCC3)c2ccccc2N1. The Labute approximate surface area is 169 Å². The smallest absolute Gasteiger partial charge is 0.231 e. The normalized spacial score (nSPS) is 25.1. The fourth-order valence-electron chi connectivity index (χ4n) is 4.98. The number of para-hydroxylation sites is 1. The van der Waals surface area contributed by atoms with E-state index in [9.17, 15) is 9.59 Å². The molecule has 1 aromatic carbocycles. The molecule has 1 aromatic heterocycles. The zero-order chi connectivity index (χ0) is 19.1. The van der Waals surface area contributed by atoms with Gasteiger partial charge in [0.05, 0.1) is 5.92 Å². The maximum atomic E-state index is 13.8. The first kappa shape index (κ1) is 17.9. The maximum Gasteiger partial charge on any atom is 0.231 e. The van der Waals surface area contributed by atoms with Crippen molar-refractivity contribution in [3.63, 3.8) is 0 Å². The van der Waals surface area contributed by atoms with Crippen molar-refractivity contribution in [3.8, 4) is 0 Å². The topological polar surface area (TPSA) is 61.4 Å². The van der Waals surface area contributed by atoms with Crippen LogP contribution in [0.2, 0.25) is 0 Å². The van der Waals surface area contributed by atoms with E-state index in [-0.39, 0.29) is 29.6 Å². The molecule has 3 heterocycles. The van der Waals surface area contributed by atoms with Gasteiger partial charge in [-0.3, -0.25) is 9.59 Å². The van der Waals surface area contributed by atoms with E-state index in [0.29, 0.717) is 12.6 Å². The number of benzene rings is 1. The highest BCUT2D eigenvalue weighted by Crippen LogP contribution is 2.56. The first-order valence-corrected chi connectivity index (χ1v) is 11.0. The zero-order valence-corrected chi connectivity index (χ0v) is 16.6. The molecule has 3 aliphatic rings. The lowest BCUT2D eigenvalue weighted by Gasteiger charge is -2.33. The Hall–Kier alpha value is -2.18. The fourth-order valence-corrected chi connectivity index (χ4v) is 5.64. The number of carbonyl (C=O) groups excluding carboxylic acids is 2. The van der Waals surface area contributed by atoms with Crippen LogP contribution in [0.5, 0.6) is 0 Å². The van der Waals surface area contributed by atoms with Crippen molar-refractivity contribution in [2.45, 2.75) is 44.2 Å². The Balaban J connectivity index is 1.45. The number of piperidine rings is 1. The summed E-state index contributed by atoms with van der Waals surface area (Å²) in [6.07, 6.45) is 3.59. The average Bonchev–Trinajstić information content (AvgIpc) is 3.13. The molecule has 6 heteroatoms. The molecule has 2 unspecified atom stereocenters. The van der Waals surface area contributed by atoms with Crippen LogP contribution in [0.3, 0.4) is 0 Å². The summed E-state index contributed by atoms with van der Waals surface area (Å²) in [6, 6.07) is 10.1. The van der Waals surface area contributed by atoms with E-state index in [1.807, 2.05) is 24.3 Å². The van der Waals surface area contributed by atoms with E-state index >= 15 is 0 Å². The maximum absolute atomic E-state index is 13.8. The third-order valence-electron chi connectivity index (χ3n) is 6.64. The van der Waals surface area contributed by atoms with Crippen molar-refractivity contribution in [3.05, 3.63) is 52.2 Å². The molecular formula is C22H25N3O2S. The van der Waals surface area contributed by atoms with Crippen LogP contribution in [-0.4, -0.2) is 35.8 Å². The summed E-state index contributed by atoms with van der Waals surface area (Å²) in [6.45, 7) is 2.71. The molecule has 2 fully saturated rings. The molecule has 1 spiro atoms. The Kier molecular flexibility index (Phi) is 4.48. The largest absolute Gasteiger partial charge is 0.334 e. The number of thiophene rings is 1. The number of hydrogen-bond donors (Lipinski definition) is 2. The van der Waals surface area contributed by atoms with Gasteiger partial charge in [0.1, 0.15) is 0 Å². The van der Waals surface area contributed by atoms with Crippen LogP contribution < -0.4 is 10.6 Å². The second kappa shape index (κ2) is 7.01. The summed E-state index contributed by atoms with van der Waals surface area (Å²) in [4.78, 5) is 28.1. The number of fused-ring (bicyclic) bond motifs is 1. The Morgan fingerprint density at radius 3 is 2.82 bits per heavy atom. The summed E-state index contributed by atoms with van der Waals surface area (Å²) in [7, 11) is 0. The summed E-state index contributed by atoms with van der Waals surface area (Å²) in [5.41, 5.74) is 3.18. The van der Waals surface area contributed by atoms with E-state index in [1.54, 1.807) is 11.3 Å². The molecule has 2 amide bonds. The van der Waals surface area contributed by atoms with Gasteiger partial charge in [-0.15, -0.1) is 0 Å². The number of nitrogens with one attached hydrogen (secondary N) is 2. The van der Waals surface area contributed by atoms with Crippen molar-refractivity contribution in [2.24, 2.45) is 5.41 Å². The lowest BCUT2D eigenvalue weighted by Crippen LogP contribution is -2.42. The molecule has 28 heavy (non-hydrogen) atoms. The number of anilines is 1. The zero-order valence-electron chi connectivity index (χ0n) is 15.8. The van der Waals surface area contributed by atoms with Crippen LogP contribution in [0.25, 0.3) is 0 Å². The van der Waals surface area contributed by atoms with Gasteiger partial charge in [-0.2, -0.15) is 11.3 Å². The van der Waals surface area contributed by atoms with E-state index in [4.69, 9.17) is 0 Å². The van der Waals surface area contributed by atoms with Gasteiger partial charge < -0.3 is 15.5 Å². The van der Waals surface area contributed by atoms with Crippen molar-refractivity contribution in [2.75, 3.05) is 18.4 Å². The highest BCUT2D eigenvalue weighted by molar-refractivity contribution is 7.07. The van der Waals surface area contributed by atoms with Crippen molar-refractivity contribution >= 4 is 28.8 Å². The van der Waals surface area contributed by atoms with Crippen LogP contribution in [0, 0.1) is 5.41 Å². The van der Waals surface area contributed by atoms with Crippen molar-refractivity contribution < 1.29 is 9.59 Å². The Morgan fingerprint density at radius 1 is 1.21 bits per heavy atom. The van der Waals surface area contributed by atoms with Crippen LogP contribution in [-0.2, 0) is 16.1 Å². The third-order valence-corrected chi connectivity index (χ3v) is 7.37. The summed E-state index contributed by atoms with van der Waals surface area (Å²) in [5, 5.41) is 10.5. The minimum Gasteiger partial charge on any atom is -0.334 e. The molecule has 2 aromatic rings.